The van der Waals surface area contributed by atoms with Crippen molar-refractivity contribution in [2.45, 2.75) is 137 Å². The molecule has 3 heterocycles. The molecule has 1 aromatic carbocycles. The number of carbonyl (C=O) groups is 10. The number of benzene rings is 1. The van der Waals surface area contributed by atoms with Gasteiger partial charge in [0.15, 0.2) is 12.9 Å². The van der Waals surface area contributed by atoms with Crippen LogP contribution in [0.5, 0.6) is 5.75 Å². The Balaban J connectivity index is 1.36. The first-order chi connectivity index (χ1) is 42.0. The number of imide groups is 1. The van der Waals surface area contributed by atoms with Gasteiger partial charge in [-0.3, -0.25) is 57.7 Å². The minimum atomic E-state index is -4.97. The fraction of sp³-hybridized carbons (Fsp3) is 0.638. The van der Waals surface area contributed by atoms with Gasteiger partial charge in [0.1, 0.15) is 22.5 Å². The number of nitrogens with one attached hydrogen (secondary N) is 5. The van der Waals surface area contributed by atoms with Gasteiger partial charge >= 0.3 is 19.8 Å². The Morgan fingerprint density at radius 1 is 0.865 bits per heavy atom. The molecular weight excluding hydrogens is 1210 g/mol. The van der Waals surface area contributed by atoms with Crippen LogP contribution in [-0.4, -0.2) is 204 Å². The number of ether oxygens (including phenoxy) is 5. The van der Waals surface area contributed by atoms with Crippen molar-refractivity contribution in [1.82, 2.24) is 41.0 Å². The van der Waals surface area contributed by atoms with Gasteiger partial charge in [-0.15, -0.1) is 11.3 Å². The highest BCUT2D eigenvalue weighted by Crippen LogP contribution is 2.37. The average molecular weight is 1290 g/mol. The number of phosphoric ester groups is 1. The third-order valence-corrected chi connectivity index (χ3v) is 16.3. The topological polar surface area (TPSA) is 387 Å². The van der Waals surface area contributed by atoms with E-state index in [9.17, 15) is 67.4 Å². The lowest BCUT2D eigenvalue weighted by molar-refractivity contribution is -0.149. The Bertz CT molecular complexity index is 2810. The molecule has 1 saturated heterocycles. The lowest BCUT2D eigenvalue weighted by Crippen LogP contribution is -2.62. The summed E-state index contributed by atoms with van der Waals surface area (Å²) >= 11 is 1.05. The summed E-state index contributed by atoms with van der Waals surface area (Å²) in [6.07, 6.45) is 2.16. The number of thiazole rings is 1. The van der Waals surface area contributed by atoms with Crippen LogP contribution >= 0.6 is 19.2 Å². The van der Waals surface area contributed by atoms with Crippen LogP contribution in [0.2, 0.25) is 0 Å². The molecule has 4 rings (SSSR count). The smallest absolute Gasteiger partial charge is 0.472 e. The number of morpholine rings is 1. The van der Waals surface area contributed by atoms with E-state index in [4.69, 9.17) is 23.7 Å². The van der Waals surface area contributed by atoms with Crippen LogP contribution in [-0.2, 0) is 77.6 Å². The second-order valence-electron chi connectivity index (χ2n) is 22.5. The van der Waals surface area contributed by atoms with Crippen molar-refractivity contribution in [2.24, 2.45) is 17.8 Å². The van der Waals surface area contributed by atoms with Gasteiger partial charge in [-0.2, -0.15) is 0 Å². The van der Waals surface area contributed by atoms with E-state index >= 15 is 0 Å². The zero-order valence-electron chi connectivity index (χ0n) is 52.1. The van der Waals surface area contributed by atoms with Crippen LogP contribution in [0.1, 0.15) is 127 Å². The SMILES string of the molecule is CC[C@H](C)[C@H](NC(=O)C(C)(C)N1CCOCC1)C(=O)N(C)[C@H](C[C@@H](OC(C)=O)c1nc(C(=O)N[C@@H](Cc2ccc(OCOP(=O)(O)O)c(NC(=O)CCOCCNC(=O)CCOCCNC(=O)CCCN3C(=O)C=CC3=O)c2)CC(C)C(=O)O)cs1)C(C)C. The number of nitrogens with zero attached hydrogens (tertiary/aromatic N) is 4. The number of carboxylic acids is 1. The van der Waals surface area contributed by atoms with Crippen molar-refractivity contribution in [3.05, 3.63) is 52.0 Å². The molecule has 0 aliphatic carbocycles. The molecule has 1 unspecified atom stereocenters. The summed E-state index contributed by atoms with van der Waals surface area (Å²) in [5.74, 6) is -6.58. The van der Waals surface area contributed by atoms with Gasteiger partial charge in [-0.1, -0.05) is 47.1 Å². The maximum Gasteiger partial charge on any atom is 0.472 e. The fourth-order valence-electron chi connectivity index (χ4n) is 9.53. The Kier molecular flexibility index (Phi) is 30.9. The molecule has 6 atom stereocenters. The molecule has 2 aliphatic rings. The molecule has 0 spiro atoms. The Labute approximate surface area is 522 Å². The summed E-state index contributed by atoms with van der Waals surface area (Å²) in [5.41, 5.74) is -0.520. The molecule has 89 heavy (non-hydrogen) atoms. The summed E-state index contributed by atoms with van der Waals surface area (Å²) < 4.78 is 43.6. The van der Waals surface area contributed by atoms with Crippen molar-refractivity contribution in [2.75, 3.05) is 91.5 Å². The number of esters is 1. The molecule has 31 heteroatoms. The molecule has 2 aromatic rings. The van der Waals surface area contributed by atoms with Crippen LogP contribution < -0.4 is 31.3 Å². The minimum Gasteiger partial charge on any atom is -0.481 e. The molecule has 2 aliphatic heterocycles. The number of amides is 8. The number of hydrogen-bond donors (Lipinski definition) is 8. The third-order valence-electron chi connectivity index (χ3n) is 14.9. The Morgan fingerprint density at radius 3 is 2.07 bits per heavy atom. The maximum atomic E-state index is 14.5. The average Bonchev–Trinajstić information content (AvgIpc) is 1.81. The van der Waals surface area contributed by atoms with Gasteiger partial charge < -0.3 is 70.1 Å². The van der Waals surface area contributed by atoms with Crippen LogP contribution in [0, 0.1) is 17.8 Å². The summed E-state index contributed by atoms with van der Waals surface area (Å²) in [7, 11) is -3.33. The van der Waals surface area contributed by atoms with E-state index in [2.05, 4.69) is 36.1 Å². The standard InChI is InChI=1S/C58H88N9O20PS/c1-10-37(4)52(64-57(78)58(7,8)66-22-28-84-29-23-66)55(75)65(9)44(36(2)3)33-46(87-39(6)68)54-63-43(34-89-54)53(74)61-41(30-38(5)56(76)77)31-40-13-14-45(85-35-86-88(79,80)81)42(32-40)62-49(71)18-25-83-27-20-60-48(70)17-24-82-26-19-59-47(69)12-11-21-67-50(72)15-16-51(67)73/h13-16,32,34,36-38,41,44,46,52H,10-12,17-31,33,35H2,1-9H3,(H,59,69)(H,60,70)(H,61,74)(H,62,71)(H,64,78)(H,76,77)(H2,79,80,81)/t37-,38?,41+,44+,46+,52-/m0/s1. The van der Waals surface area contributed by atoms with Gasteiger partial charge in [0.2, 0.25) is 29.5 Å². The highest BCUT2D eigenvalue weighted by Gasteiger charge is 2.41. The normalized spacial score (nSPS) is 15.8. The van der Waals surface area contributed by atoms with E-state index in [-0.39, 0.29) is 142 Å². The molecule has 0 bridgehead atoms. The van der Waals surface area contributed by atoms with Crippen molar-refractivity contribution >= 4 is 84.0 Å². The molecular formula is C58H88N9O20PS. The lowest BCUT2D eigenvalue weighted by Gasteiger charge is -2.41. The first-order valence-electron chi connectivity index (χ1n) is 29.6. The first kappa shape index (κ1) is 74.7. The summed E-state index contributed by atoms with van der Waals surface area (Å²) in [4.78, 5) is 156. The maximum absolute atomic E-state index is 14.5. The Hall–Kier alpha value is -6.76. The second kappa shape index (κ2) is 36.8. The Morgan fingerprint density at radius 2 is 1.48 bits per heavy atom. The van der Waals surface area contributed by atoms with Crippen LogP contribution in [0.4, 0.5) is 5.69 Å². The molecule has 29 nitrogen and oxygen atoms in total. The number of anilines is 1. The van der Waals surface area contributed by atoms with Crippen LogP contribution in [0.15, 0.2) is 35.7 Å². The van der Waals surface area contributed by atoms with Crippen LogP contribution in [0.3, 0.4) is 0 Å². The second-order valence-corrected chi connectivity index (χ2v) is 24.6. The van der Waals surface area contributed by atoms with E-state index in [0.29, 0.717) is 44.7 Å². The third kappa shape index (κ3) is 25.6. The van der Waals surface area contributed by atoms with Gasteiger partial charge in [0, 0.05) is 95.6 Å². The molecule has 8 amide bonds. The van der Waals surface area contributed by atoms with E-state index in [0.717, 1.165) is 16.2 Å². The van der Waals surface area contributed by atoms with Gasteiger partial charge in [0.05, 0.1) is 63.2 Å². The number of carboxylic acid groups (broad SMARTS) is 1. The predicted octanol–water partition coefficient (Wildman–Crippen LogP) is 2.85. The highest BCUT2D eigenvalue weighted by molar-refractivity contribution is 7.46. The molecule has 8 N–H and O–H groups in total. The molecule has 0 radical (unpaired) electrons. The van der Waals surface area contributed by atoms with Crippen molar-refractivity contribution in [1.29, 1.82) is 0 Å². The van der Waals surface area contributed by atoms with Crippen LogP contribution in [0.25, 0.3) is 0 Å². The molecule has 1 aromatic heterocycles. The summed E-state index contributed by atoms with van der Waals surface area (Å²) in [6, 6.07) is 2.09. The molecule has 1 fully saturated rings. The van der Waals surface area contributed by atoms with Crippen molar-refractivity contribution < 1.29 is 95.6 Å². The number of hydrogen-bond acceptors (Lipinski definition) is 20. The van der Waals surface area contributed by atoms with Gasteiger partial charge in [-0.25, -0.2) is 14.1 Å². The number of carbonyl (C=O) groups excluding carboxylic acids is 9. The monoisotopic (exact) mass is 1290 g/mol. The van der Waals surface area contributed by atoms with E-state index in [1.54, 1.807) is 11.9 Å². The minimum absolute atomic E-state index is 0.00827. The summed E-state index contributed by atoms with van der Waals surface area (Å²) in [6.45, 7) is 15.8. The highest BCUT2D eigenvalue weighted by atomic mass is 32.1. The van der Waals surface area contributed by atoms with E-state index in [1.807, 2.05) is 46.4 Å². The quantitative estimate of drug-likeness (QED) is 0.0156. The van der Waals surface area contributed by atoms with E-state index < -0.39 is 85.9 Å². The van der Waals surface area contributed by atoms with Crippen molar-refractivity contribution in [3.63, 3.8) is 0 Å². The zero-order valence-corrected chi connectivity index (χ0v) is 53.8. The fourth-order valence-corrected chi connectivity index (χ4v) is 10.6. The number of phosphoric acid groups is 1. The summed E-state index contributed by atoms with van der Waals surface area (Å²) in [5, 5.41) is 25.6. The number of aromatic nitrogens is 1. The zero-order chi connectivity index (χ0) is 66.0. The van der Waals surface area contributed by atoms with Crippen molar-refractivity contribution in [3.8, 4) is 5.75 Å². The van der Waals surface area contributed by atoms with Gasteiger partial charge in [0.25, 0.3) is 17.7 Å². The largest absolute Gasteiger partial charge is 0.481 e. The van der Waals surface area contributed by atoms with E-state index in [1.165, 1.54) is 49.6 Å². The predicted molar refractivity (Wildman–Crippen MR) is 323 cm³/mol. The number of aliphatic carboxylic acids is 1. The van der Waals surface area contributed by atoms with Gasteiger partial charge in [-0.05, 0) is 62.6 Å². The lowest BCUT2D eigenvalue weighted by atomic mass is 9.92. The molecule has 0 saturated carbocycles. The number of rotatable bonds is 40. The number of likely N-dealkylation sites (N-methyl/N-ethyl adjacent to an activating group) is 1. The first-order valence-corrected chi connectivity index (χ1v) is 32.0. The molecule has 496 valence electrons.